The van der Waals surface area contributed by atoms with Gasteiger partial charge in [0.1, 0.15) is 5.75 Å². The monoisotopic (exact) mass is 619 g/mol. The van der Waals surface area contributed by atoms with E-state index in [0.717, 1.165) is 38.4 Å². The molecule has 0 bridgehead atoms. The highest BCUT2D eigenvalue weighted by molar-refractivity contribution is 9.10. The standard InChI is InChI=1S/C31H30BrN3O4S/c1-6-38-23-14-12-21(13-15-23)28-27(30(37)39-7-2)19(4)33-31-35(28)29(36)26(40-31)17-22-16-18(3)34(20(22)5)25-11-9-8-10-24(25)32/h8-17,28H,6-7H2,1-5H3/b26-17+/t28-/m0/s1. The van der Waals surface area contributed by atoms with Gasteiger partial charge in [-0.15, -0.1) is 0 Å². The summed E-state index contributed by atoms with van der Waals surface area (Å²) in [5.41, 5.74) is 5.51. The van der Waals surface area contributed by atoms with Crippen LogP contribution < -0.4 is 19.6 Å². The SMILES string of the molecule is CCOC(=O)C1=C(C)N=c2s/c(=C/c3cc(C)n(-c4ccccc4Br)c3C)c(=O)n2[C@H]1c1ccc(OCC)cc1. The van der Waals surface area contributed by atoms with Gasteiger partial charge in [0.05, 0.1) is 40.7 Å². The molecule has 0 saturated carbocycles. The maximum absolute atomic E-state index is 14.0. The van der Waals surface area contributed by atoms with Crippen LogP contribution in [0.1, 0.15) is 49.3 Å². The molecule has 4 aromatic rings. The zero-order valence-corrected chi connectivity index (χ0v) is 25.4. The molecule has 40 heavy (non-hydrogen) atoms. The molecule has 0 fully saturated rings. The molecule has 0 N–H and O–H groups in total. The van der Waals surface area contributed by atoms with Crippen molar-refractivity contribution in [3.8, 4) is 11.4 Å². The van der Waals surface area contributed by atoms with Crippen molar-refractivity contribution in [2.75, 3.05) is 13.2 Å². The van der Waals surface area contributed by atoms with Crippen molar-refractivity contribution in [1.29, 1.82) is 0 Å². The number of carbonyl (C=O) groups is 1. The predicted molar refractivity (Wildman–Crippen MR) is 161 cm³/mol. The van der Waals surface area contributed by atoms with Crippen LogP contribution in [0.15, 0.2) is 80.1 Å². The highest BCUT2D eigenvalue weighted by atomic mass is 79.9. The first-order chi connectivity index (χ1) is 19.2. The molecule has 1 aliphatic heterocycles. The summed E-state index contributed by atoms with van der Waals surface area (Å²) in [5.74, 6) is 0.242. The van der Waals surface area contributed by atoms with Gasteiger partial charge in [-0.3, -0.25) is 9.36 Å². The van der Waals surface area contributed by atoms with Crippen LogP contribution in [-0.2, 0) is 9.53 Å². The van der Waals surface area contributed by atoms with E-state index in [0.29, 0.717) is 27.2 Å². The van der Waals surface area contributed by atoms with Crippen molar-refractivity contribution in [2.24, 2.45) is 4.99 Å². The average molecular weight is 621 g/mol. The smallest absolute Gasteiger partial charge is 0.338 e. The van der Waals surface area contributed by atoms with Crippen molar-refractivity contribution >= 4 is 39.3 Å². The Labute approximate surface area is 244 Å². The van der Waals surface area contributed by atoms with Crippen LogP contribution in [0.5, 0.6) is 5.75 Å². The van der Waals surface area contributed by atoms with E-state index >= 15 is 0 Å². The molecule has 2 aromatic carbocycles. The Morgan fingerprint density at radius 1 is 1.07 bits per heavy atom. The van der Waals surface area contributed by atoms with Crippen LogP contribution in [0, 0.1) is 13.8 Å². The van der Waals surface area contributed by atoms with Crippen LogP contribution in [-0.4, -0.2) is 28.3 Å². The number of esters is 1. The number of hydrogen-bond acceptors (Lipinski definition) is 6. The highest BCUT2D eigenvalue weighted by Crippen LogP contribution is 2.32. The average Bonchev–Trinajstić information content (AvgIpc) is 3.38. The van der Waals surface area contributed by atoms with Crippen LogP contribution in [0.4, 0.5) is 0 Å². The lowest BCUT2D eigenvalue weighted by Crippen LogP contribution is -2.39. The summed E-state index contributed by atoms with van der Waals surface area (Å²) in [6.07, 6.45) is 1.91. The minimum Gasteiger partial charge on any atom is -0.494 e. The second-order valence-electron chi connectivity index (χ2n) is 9.42. The second kappa shape index (κ2) is 11.4. The fraction of sp³-hybridized carbons (Fsp3) is 0.258. The Morgan fingerprint density at radius 3 is 2.48 bits per heavy atom. The number of aromatic nitrogens is 2. The molecule has 1 atom stereocenters. The van der Waals surface area contributed by atoms with Gasteiger partial charge in [0.25, 0.3) is 5.56 Å². The van der Waals surface area contributed by atoms with Crippen molar-refractivity contribution in [3.05, 3.63) is 113 Å². The third-order valence-corrected chi connectivity index (χ3v) is 8.53. The largest absolute Gasteiger partial charge is 0.494 e. The topological polar surface area (TPSA) is 74.8 Å². The maximum atomic E-state index is 14.0. The molecule has 0 unspecified atom stereocenters. The first-order valence-electron chi connectivity index (χ1n) is 13.1. The Morgan fingerprint density at radius 2 is 1.80 bits per heavy atom. The van der Waals surface area contributed by atoms with Crippen molar-refractivity contribution in [3.63, 3.8) is 0 Å². The van der Waals surface area contributed by atoms with Gasteiger partial charge in [-0.1, -0.05) is 35.6 Å². The van der Waals surface area contributed by atoms with Crippen LogP contribution in [0.25, 0.3) is 11.8 Å². The molecule has 5 rings (SSSR count). The van der Waals surface area contributed by atoms with Crippen LogP contribution >= 0.6 is 27.3 Å². The number of fused-ring (bicyclic) bond motifs is 1. The quantitative estimate of drug-likeness (QED) is 0.261. The van der Waals surface area contributed by atoms with E-state index in [2.05, 4.69) is 37.6 Å². The summed E-state index contributed by atoms with van der Waals surface area (Å²) in [5, 5.41) is 0. The first kappa shape index (κ1) is 27.9. The molecule has 9 heteroatoms. The van der Waals surface area contributed by atoms with Gasteiger partial charge in [-0.05, 0) is 98.1 Å². The molecular weight excluding hydrogens is 590 g/mol. The molecule has 3 heterocycles. The number of carbonyl (C=O) groups excluding carboxylic acids is 1. The van der Waals surface area contributed by atoms with Crippen molar-refractivity contribution < 1.29 is 14.3 Å². The number of ether oxygens (including phenoxy) is 2. The van der Waals surface area contributed by atoms with Gasteiger partial charge in [-0.25, -0.2) is 9.79 Å². The van der Waals surface area contributed by atoms with Crippen LogP contribution in [0.3, 0.4) is 0 Å². The van der Waals surface area contributed by atoms with E-state index in [1.54, 1.807) is 18.4 Å². The van der Waals surface area contributed by atoms with Gasteiger partial charge in [0.15, 0.2) is 4.80 Å². The summed E-state index contributed by atoms with van der Waals surface area (Å²) in [6.45, 7) is 10.3. The van der Waals surface area contributed by atoms with E-state index in [-0.39, 0.29) is 12.2 Å². The Bertz CT molecular complexity index is 1810. The molecule has 0 radical (unpaired) electrons. The van der Waals surface area contributed by atoms with E-state index in [1.165, 1.54) is 11.3 Å². The maximum Gasteiger partial charge on any atom is 0.338 e. The zero-order chi connectivity index (χ0) is 28.6. The molecule has 0 aliphatic carbocycles. The number of hydrogen-bond donors (Lipinski definition) is 0. The predicted octanol–water partition coefficient (Wildman–Crippen LogP) is 5.37. The molecule has 0 spiro atoms. The summed E-state index contributed by atoms with van der Waals surface area (Å²) >= 11 is 4.98. The van der Waals surface area contributed by atoms with E-state index < -0.39 is 12.0 Å². The fourth-order valence-electron chi connectivity index (χ4n) is 5.10. The third kappa shape index (κ3) is 4.99. The number of aryl methyl sites for hydroxylation is 1. The number of para-hydroxylation sites is 1. The molecule has 0 saturated heterocycles. The van der Waals surface area contributed by atoms with Gasteiger partial charge >= 0.3 is 5.97 Å². The van der Waals surface area contributed by atoms with E-state index in [9.17, 15) is 9.59 Å². The minimum absolute atomic E-state index is 0.206. The molecule has 0 amide bonds. The second-order valence-corrected chi connectivity index (χ2v) is 11.3. The van der Waals surface area contributed by atoms with Gasteiger partial charge in [-0.2, -0.15) is 0 Å². The zero-order valence-electron chi connectivity index (χ0n) is 23.0. The van der Waals surface area contributed by atoms with Gasteiger partial charge in [0, 0.05) is 15.9 Å². The normalized spacial score (nSPS) is 15.2. The Balaban J connectivity index is 1.68. The number of benzene rings is 2. The van der Waals surface area contributed by atoms with E-state index in [4.69, 9.17) is 9.47 Å². The number of nitrogens with zero attached hydrogens (tertiary/aromatic N) is 3. The molecule has 7 nitrogen and oxygen atoms in total. The van der Waals surface area contributed by atoms with Crippen molar-refractivity contribution in [1.82, 2.24) is 9.13 Å². The fourth-order valence-corrected chi connectivity index (χ4v) is 6.60. The lowest BCUT2D eigenvalue weighted by atomic mass is 9.96. The Hall–Kier alpha value is -3.69. The number of halogens is 1. The summed E-state index contributed by atoms with van der Waals surface area (Å²) < 4.78 is 16.3. The Kier molecular flexibility index (Phi) is 7.96. The van der Waals surface area contributed by atoms with Gasteiger partial charge in [0.2, 0.25) is 0 Å². The number of thiazole rings is 1. The number of allylic oxidation sites excluding steroid dienone is 1. The molecule has 206 valence electrons. The van der Waals surface area contributed by atoms with E-state index in [1.807, 2.05) is 69.3 Å². The third-order valence-electron chi connectivity index (χ3n) is 6.87. The lowest BCUT2D eigenvalue weighted by molar-refractivity contribution is -0.139. The van der Waals surface area contributed by atoms with Crippen LogP contribution in [0.2, 0.25) is 0 Å². The highest BCUT2D eigenvalue weighted by Gasteiger charge is 2.33. The first-order valence-corrected chi connectivity index (χ1v) is 14.7. The van der Waals surface area contributed by atoms with Crippen molar-refractivity contribution in [2.45, 2.75) is 40.7 Å². The molecular formula is C31H30BrN3O4S. The lowest BCUT2D eigenvalue weighted by Gasteiger charge is -2.24. The summed E-state index contributed by atoms with van der Waals surface area (Å²) in [4.78, 5) is 32.4. The number of rotatable bonds is 7. The van der Waals surface area contributed by atoms with Gasteiger partial charge < -0.3 is 14.0 Å². The molecule has 2 aromatic heterocycles. The summed E-state index contributed by atoms with van der Waals surface area (Å²) in [6, 6.07) is 16.9. The summed E-state index contributed by atoms with van der Waals surface area (Å²) in [7, 11) is 0. The molecule has 1 aliphatic rings. The minimum atomic E-state index is -0.666.